The molecule has 0 unspecified atom stereocenters. The Labute approximate surface area is 79.6 Å². The zero-order chi connectivity index (χ0) is 8.89. The molecule has 1 saturated carbocycles. The first-order valence-corrected chi connectivity index (χ1v) is 5.53. The van der Waals surface area contributed by atoms with E-state index in [1.54, 1.807) is 0 Å². The molecule has 3 rings (SSSR count). The lowest BCUT2D eigenvalue weighted by Gasteiger charge is -2.26. The van der Waals surface area contributed by atoms with E-state index in [9.17, 15) is 0 Å². The third kappa shape index (κ3) is 1.40. The molecule has 2 aliphatic heterocycles. The molecule has 0 N–H and O–H groups in total. The van der Waals surface area contributed by atoms with E-state index in [-0.39, 0.29) is 5.60 Å². The normalized spacial score (nSPS) is 54.7. The first-order valence-electron chi connectivity index (χ1n) is 5.53. The van der Waals surface area contributed by atoms with Gasteiger partial charge in [0.15, 0.2) is 0 Å². The third-order valence-corrected chi connectivity index (χ3v) is 3.93. The van der Waals surface area contributed by atoms with Crippen molar-refractivity contribution < 1.29 is 9.47 Å². The van der Waals surface area contributed by atoms with Crippen LogP contribution in [0.25, 0.3) is 0 Å². The van der Waals surface area contributed by atoms with Crippen molar-refractivity contribution in [2.45, 2.75) is 44.3 Å². The molecule has 4 atom stereocenters. The minimum Gasteiger partial charge on any atom is -0.375 e. The molecule has 2 heteroatoms. The molecule has 0 aromatic carbocycles. The lowest BCUT2D eigenvalue weighted by atomic mass is 9.93. The van der Waals surface area contributed by atoms with Crippen LogP contribution in [0.3, 0.4) is 0 Å². The van der Waals surface area contributed by atoms with Gasteiger partial charge in [0.1, 0.15) is 0 Å². The first-order chi connectivity index (χ1) is 6.27. The number of hydrogen-bond acceptors (Lipinski definition) is 2. The molecule has 0 bridgehead atoms. The zero-order valence-electron chi connectivity index (χ0n) is 8.29. The van der Waals surface area contributed by atoms with Crippen LogP contribution < -0.4 is 0 Å². The molecule has 0 amide bonds. The molecule has 13 heavy (non-hydrogen) atoms. The van der Waals surface area contributed by atoms with E-state index in [1.165, 1.54) is 19.3 Å². The van der Waals surface area contributed by atoms with E-state index in [1.807, 2.05) is 0 Å². The van der Waals surface area contributed by atoms with Gasteiger partial charge in [-0.25, -0.2) is 0 Å². The Morgan fingerprint density at radius 3 is 3.00 bits per heavy atom. The summed E-state index contributed by atoms with van der Waals surface area (Å²) < 4.78 is 11.7. The van der Waals surface area contributed by atoms with Crippen LogP contribution in [0.4, 0.5) is 0 Å². The topological polar surface area (TPSA) is 18.5 Å². The van der Waals surface area contributed by atoms with Crippen molar-refractivity contribution in [3.63, 3.8) is 0 Å². The highest BCUT2D eigenvalue weighted by Crippen LogP contribution is 2.48. The fourth-order valence-corrected chi connectivity index (χ4v) is 2.88. The molecule has 0 aromatic heterocycles. The van der Waals surface area contributed by atoms with Crippen LogP contribution in [0.1, 0.15) is 32.6 Å². The fourth-order valence-electron chi connectivity index (χ4n) is 2.88. The molecule has 1 spiro atoms. The molecule has 2 saturated heterocycles. The Kier molecular flexibility index (Phi) is 1.72. The van der Waals surface area contributed by atoms with Crippen LogP contribution >= 0.6 is 0 Å². The van der Waals surface area contributed by atoms with Crippen LogP contribution in [-0.2, 0) is 9.47 Å². The van der Waals surface area contributed by atoms with Gasteiger partial charge in [-0.15, -0.1) is 0 Å². The summed E-state index contributed by atoms with van der Waals surface area (Å²) in [4.78, 5) is 0. The predicted octanol–water partition coefficient (Wildman–Crippen LogP) is 1.98. The van der Waals surface area contributed by atoms with Crippen LogP contribution in [0.2, 0.25) is 0 Å². The van der Waals surface area contributed by atoms with E-state index in [0.29, 0.717) is 6.10 Å². The molecule has 3 aliphatic rings. The van der Waals surface area contributed by atoms with Gasteiger partial charge in [0.2, 0.25) is 0 Å². The summed E-state index contributed by atoms with van der Waals surface area (Å²) in [6, 6.07) is 0. The molecule has 3 fully saturated rings. The highest BCUT2D eigenvalue weighted by molar-refractivity contribution is 4.97. The van der Waals surface area contributed by atoms with E-state index in [0.717, 1.165) is 31.5 Å². The van der Waals surface area contributed by atoms with E-state index in [2.05, 4.69) is 6.92 Å². The maximum atomic E-state index is 6.05. The van der Waals surface area contributed by atoms with Crippen molar-refractivity contribution >= 4 is 0 Å². The number of hydrogen-bond donors (Lipinski definition) is 0. The minimum absolute atomic E-state index is 0.118. The molecule has 0 radical (unpaired) electrons. The van der Waals surface area contributed by atoms with Gasteiger partial charge in [-0.1, -0.05) is 0 Å². The molecule has 74 valence electrons. The second-order valence-electron chi connectivity index (χ2n) is 5.11. The smallest absolute Gasteiger partial charge is 0.0939 e. The quantitative estimate of drug-likeness (QED) is 0.570. The number of fused-ring (bicyclic) bond motifs is 1. The summed E-state index contributed by atoms with van der Waals surface area (Å²) in [6.45, 7) is 4.00. The van der Waals surface area contributed by atoms with Crippen LogP contribution in [0.15, 0.2) is 0 Å². The highest BCUT2D eigenvalue weighted by atomic mass is 16.6. The summed E-state index contributed by atoms with van der Waals surface area (Å²) in [6.07, 6.45) is 5.56. The van der Waals surface area contributed by atoms with Crippen molar-refractivity contribution in [1.29, 1.82) is 0 Å². The Morgan fingerprint density at radius 1 is 1.31 bits per heavy atom. The van der Waals surface area contributed by atoms with Crippen molar-refractivity contribution in [1.82, 2.24) is 0 Å². The van der Waals surface area contributed by atoms with Gasteiger partial charge in [-0.3, -0.25) is 0 Å². The number of ether oxygens (including phenoxy) is 2. The Balaban J connectivity index is 1.70. The second kappa shape index (κ2) is 2.71. The molecule has 2 heterocycles. The van der Waals surface area contributed by atoms with Gasteiger partial charge in [0, 0.05) is 6.42 Å². The first kappa shape index (κ1) is 8.25. The van der Waals surface area contributed by atoms with Gasteiger partial charge in [-0.2, -0.15) is 0 Å². The van der Waals surface area contributed by atoms with Crippen LogP contribution in [0, 0.1) is 11.8 Å². The molecular weight excluding hydrogens is 164 g/mol. The largest absolute Gasteiger partial charge is 0.375 e. The van der Waals surface area contributed by atoms with Gasteiger partial charge in [0.05, 0.1) is 24.9 Å². The van der Waals surface area contributed by atoms with Crippen molar-refractivity contribution in [2.24, 2.45) is 11.8 Å². The highest BCUT2D eigenvalue weighted by Gasteiger charge is 2.47. The van der Waals surface area contributed by atoms with Gasteiger partial charge in [-0.05, 0) is 38.0 Å². The summed E-state index contributed by atoms with van der Waals surface area (Å²) in [5, 5.41) is 0. The Morgan fingerprint density at radius 2 is 2.23 bits per heavy atom. The zero-order valence-corrected chi connectivity index (χ0v) is 8.29. The Bertz CT molecular complexity index is 202. The molecule has 1 aliphatic carbocycles. The summed E-state index contributed by atoms with van der Waals surface area (Å²) in [7, 11) is 0. The maximum Gasteiger partial charge on any atom is 0.0939 e. The van der Waals surface area contributed by atoms with Crippen LogP contribution in [-0.4, -0.2) is 24.9 Å². The van der Waals surface area contributed by atoms with Crippen LogP contribution in [0.5, 0.6) is 0 Å². The summed E-state index contributed by atoms with van der Waals surface area (Å²) >= 11 is 0. The standard InChI is InChI=1S/C11H18O2/c1-8-5-11(7-12-8)3-2-9-4-10(9)6-13-11/h8-10H,2-7H2,1H3/t8-,9+,10+,11-/m1/s1. The second-order valence-corrected chi connectivity index (χ2v) is 5.11. The lowest BCUT2D eigenvalue weighted by Crippen LogP contribution is -2.33. The summed E-state index contributed by atoms with van der Waals surface area (Å²) in [5.74, 6) is 1.89. The average molecular weight is 182 g/mol. The molecular formula is C11H18O2. The minimum atomic E-state index is 0.118. The van der Waals surface area contributed by atoms with Crippen molar-refractivity contribution in [3.05, 3.63) is 0 Å². The van der Waals surface area contributed by atoms with Gasteiger partial charge >= 0.3 is 0 Å². The van der Waals surface area contributed by atoms with E-state index in [4.69, 9.17) is 9.47 Å². The van der Waals surface area contributed by atoms with Crippen molar-refractivity contribution in [2.75, 3.05) is 13.2 Å². The predicted molar refractivity (Wildman–Crippen MR) is 49.5 cm³/mol. The third-order valence-electron chi connectivity index (χ3n) is 3.93. The summed E-state index contributed by atoms with van der Waals surface area (Å²) in [5.41, 5.74) is 0.118. The monoisotopic (exact) mass is 182 g/mol. The average Bonchev–Trinajstić information content (AvgIpc) is 2.78. The Hall–Kier alpha value is -0.0800. The lowest BCUT2D eigenvalue weighted by molar-refractivity contribution is -0.0531. The van der Waals surface area contributed by atoms with Gasteiger partial charge < -0.3 is 9.47 Å². The van der Waals surface area contributed by atoms with E-state index >= 15 is 0 Å². The molecule has 0 aromatic rings. The number of rotatable bonds is 0. The molecule has 2 nitrogen and oxygen atoms in total. The van der Waals surface area contributed by atoms with E-state index < -0.39 is 0 Å². The van der Waals surface area contributed by atoms with Crippen molar-refractivity contribution in [3.8, 4) is 0 Å². The van der Waals surface area contributed by atoms with Gasteiger partial charge in [0.25, 0.3) is 0 Å². The maximum absolute atomic E-state index is 6.05. The SMILES string of the molecule is C[C@@H]1C[C@]2(CC[C@H]3C[C@H]3CO2)CO1. The fraction of sp³-hybridized carbons (Fsp3) is 1.00.